The third-order valence-electron chi connectivity index (χ3n) is 6.93. The standard InChI is InChI=1S/C24H35N3O3/c1-16-7-8-20(12-17(16)2)27-11-9-22(24(27)29)23(28)26-10-5-6-21(26)15-25-13-18(3)30-19(4)14-25/h7-8,12,18-19,21-22H,5-6,9-11,13-15H2,1-4H3. The van der Waals surface area contributed by atoms with Gasteiger partial charge in [0, 0.05) is 44.5 Å². The SMILES string of the molecule is Cc1ccc(N2CCC(C(=O)N3CCCC3CN3CC(C)OC(C)C3)C2=O)cc1C. The van der Waals surface area contributed by atoms with E-state index in [1.807, 2.05) is 17.0 Å². The molecule has 4 unspecified atom stereocenters. The Morgan fingerprint density at radius 3 is 2.50 bits per heavy atom. The molecule has 3 heterocycles. The number of nitrogens with zero attached hydrogens (tertiary/aromatic N) is 3. The zero-order valence-corrected chi connectivity index (χ0v) is 18.8. The van der Waals surface area contributed by atoms with Crippen molar-refractivity contribution in [1.29, 1.82) is 0 Å². The highest BCUT2D eigenvalue weighted by atomic mass is 16.5. The number of likely N-dealkylation sites (tertiary alicyclic amines) is 1. The van der Waals surface area contributed by atoms with E-state index >= 15 is 0 Å². The highest BCUT2D eigenvalue weighted by Crippen LogP contribution is 2.30. The fourth-order valence-corrected chi connectivity index (χ4v) is 5.31. The molecule has 1 aromatic carbocycles. The largest absolute Gasteiger partial charge is 0.373 e. The Labute approximate surface area is 180 Å². The summed E-state index contributed by atoms with van der Waals surface area (Å²) in [5.74, 6) is -0.541. The number of rotatable bonds is 4. The Kier molecular flexibility index (Phi) is 6.16. The summed E-state index contributed by atoms with van der Waals surface area (Å²) < 4.78 is 5.85. The molecule has 4 atom stereocenters. The highest BCUT2D eigenvalue weighted by molar-refractivity contribution is 6.09. The Hall–Kier alpha value is -1.92. The first-order valence-electron chi connectivity index (χ1n) is 11.4. The average molecular weight is 414 g/mol. The summed E-state index contributed by atoms with van der Waals surface area (Å²) in [7, 11) is 0. The molecule has 3 aliphatic rings. The van der Waals surface area contributed by atoms with E-state index < -0.39 is 5.92 Å². The molecule has 3 aliphatic heterocycles. The van der Waals surface area contributed by atoms with Gasteiger partial charge in [-0.15, -0.1) is 0 Å². The maximum Gasteiger partial charge on any atom is 0.239 e. The summed E-state index contributed by atoms with van der Waals surface area (Å²) in [4.78, 5) is 32.7. The second-order valence-electron chi connectivity index (χ2n) is 9.40. The van der Waals surface area contributed by atoms with E-state index in [0.29, 0.717) is 13.0 Å². The molecule has 4 rings (SSSR count). The van der Waals surface area contributed by atoms with Gasteiger partial charge in [-0.2, -0.15) is 0 Å². The lowest BCUT2D eigenvalue weighted by molar-refractivity contribution is -0.141. The molecule has 3 saturated heterocycles. The van der Waals surface area contributed by atoms with E-state index in [9.17, 15) is 9.59 Å². The second-order valence-corrected chi connectivity index (χ2v) is 9.40. The minimum atomic E-state index is -0.533. The molecule has 0 aliphatic carbocycles. The number of hydrogen-bond donors (Lipinski definition) is 0. The first-order valence-corrected chi connectivity index (χ1v) is 11.4. The van der Waals surface area contributed by atoms with Gasteiger partial charge in [-0.25, -0.2) is 0 Å². The fraction of sp³-hybridized carbons (Fsp3) is 0.667. The van der Waals surface area contributed by atoms with Crippen molar-refractivity contribution in [2.24, 2.45) is 5.92 Å². The summed E-state index contributed by atoms with van der Waals surface area (Å²) in [5, 5.41) is 0. The summed E-state index contributed by atoms with van der Waals surface area (Å²) >= 11 is 0. The number of amides is 2. The monoisotopic (exact) mass is 413 g/mol. The van der Waals surface area contributed by atoms with Crippen molar-refractivity contribution in [1.82, 2.24) is 9.80 Å². The van der Waals surface area contributed by atoms with Gasteiger partial charge in [-0.1, -0.05) is 6.07 Å². The van der Waals surface area contributed by atoms with Crippen molar-refractivity contribution in [2.45, 2.75) is 65.2 Å². The van der Waals surface area contributed by atoms with Crippen LogP contribution in [0.4, 0.5) is 5.69 Å². The van der Waals surface area contributed by atoms with Gasteiger partial charge in [0.05, 0.1) is 12.2 Å². The van der Waals surface area contributed by atoms with Crippen LogP contribution < -0.4 is 4.90 Å². The van der Waals surface area contributed by atoms with E-state index in [-0.39, 0.29) is 30.1 Å². The lowest BCUT2D eigenvalue weighted by Gasteiger charge is -2.38. The van der Waals surface area contributed by atoms with Crippen LogP contribution in [-0.4, -0.2) is 72.6 Å². The molecule has 0 radical (unpaired) electrons. The van der Waals surface area contributed by atoms with E-state index in [2.05, 4.69) is 38.7 Å². The van der Waals surface area contributed by atoms with Crippen LogP contribution in [0.2, 0.25) is 0 Å². The van der Waals surface area contributed by atoms with E-state index in [1.54, 1.807) is 4.90 Å². The van der Waals surface area contributed by atoms with Crippen LogP contribution >= 0.6 is 0 Å². The van der Waals surface area contributed by atoms with Gasteiger partial charge in [0.1, 0.15) is 5.92 Å². The average Bonchev–Trinajstić information content (AvgIpc) is 3.29. The molecule has 0 bridgehead atoms. The fourth-order valence-electron chi connectivity index (χ4n) is 5.31. The van der Waals surface area contributed by atoms with Crippen LogP contribution in [0.5, 0.6) is 0 Å². The molecule has 30 heavy (non-hydrogen) atoms. The van der Waals surface area contributed by atoms with Gasteiger partial charge < -0.3 is 14.5 Å². The van der Waals surface area contributed by atoms with Gasteiger partial charge in [0.2, 0.25) is 11.8 Å². The molecule has 0 aromatic heterocycles. The molecule has 0 saturated carbocycles. The minimum Gasteiger partial charge on any atom is -0.373 e. The normalized spacial score (nSPS) is 30.3. The molecule has 2 amide bonds. The molecular formula is C24H35N3O3. The van der Waals surface area contributed by atoms with Crippen molar-refractivity contribution >= 4 is 17.5 Å². The molecule has 6 nitrogen and oxygen atoms in total. The Morgan fingerprint density at radius 2 is 1.80 bits per heavy atom. The van der Waals surface area contributed by atoms with Crippen molar-refractivity contribution in [3.8, 4) is 0 Å². The van der Waals surface area contributed by atoms with Crippen molar-refractivity contribution in [2.75, 3.05) is 37.6 Å². The smallest absolute Gasteiger partial charge is 0.239 e. The Bertz CT molecular complexity index is 801. The summed E-state index contributed by atoms with van der Waals surface area (Å²) in [6.45, 7) is 12.4. The number of carbonyl (C=O) groups excluding carboxylic acids is 2. The predicted molar refractivity (Wildman–Crippen MR) is 118 cm³/mol. The van der Waals surface area contributed by atoms with Gasteiger partial charge in [0.15, 0.2) is 0 Å². The first kappa shape index (κ1) is 21.3. The summed E-state index contributed by atoms with van der Waals surface area (Å²) in [5.41, 5.74) is 3.29. The maximum absolute atomic E-state index is 13.4. The van der Waals surface area contributed by atoms with E-state index in [1.165, 1.54) is 11.1 Å². The Morgan fingerprint density at radius 1 is 1.07 bits per heavy atom. The number of benzene rings is 1. The third-order valence-corrected chi connectivity index (χ3v) is 6.93. The number of anilines is 1. The zero-order chi connectivity index (χ0) is 21.4. The van der Waals surface area contributed by atoms with Crippen molar-refractivity contribution < 1.29 is 14.3 Å². The number of morpholine rings is 1. The van der Waals surface area contributed by atoms with Crippen LogP contribution in [-0.2, 0) is 14.3 Å². The van der Waals surface area contributed by atoms with Crippen LogP contribution in [0.3, 0.4) is 0 Å². The first-order chi connectivity index (χ1) is 14.3. The molecular weight excluding hydrogens is 378 g/mol. The second kappa shape index (κ2) is 8.67. The lowest BCUT2D eigenvalue weighted by atomic mass is 10.1. The van der Waals surface area contributed by atoms with E-state index in [0.717, 1.165) is 44.7 Å². The predicted octanol–water partition coefficient (Wildman–Crippen LogP) is 2.76. The number of ether oxygens (including phenoxy) is 1. The number of hydrogen-bond acceptors (Lipinski definition) is 4. The molecule has 3 fully saturated rings. The lowest BCUT2D eigenvalue weighted by Crippen LogP contribution is -2.52. The summed E-state index contributed by atoms with van der Waals surface area (Å²) in [6, 6.07) is 6.30. The topological polar surface area (TPSA) is 53.1 Å². The van der Waals surface area contributed by atoms with Crippen molar-refractivity contribution in [3.63, 3.8) is 0 Å². The zero-order valence-electron chi connectivity index (χ0n) is 18.8. The van der Waals surface area contributed by atoms with Gasteiger partial charge in [-0.05, 0) is 70.2 Å². The van der Waals surface area contributed by atoms with Crippen LogP contribution in [0.1, 0.15) is 44.2 Å². The quantitative estimate of drug-likeness (QED) is 0.713. The summed E-state index contributed by atoms with van der Waals surface area (Å²) in [6.07, 6.45) is 3.10. The third kappa shape index (κ3) is 4.26. The van der Waals surface area contributed by atoms with Crippen LogP contribution in [0.15, 0.2) is 18.2 Å². The van der Waals surface area contributed by atoms with Gasteiger partial charge >= 0.3 is 0 Å². The highest BCUT2D eigenvalue weighted by Gasteiger charge is 2.43. The number of aryl methyl sites for hydroxylation is 2. The van der Waals surface area contributed by atoms with Gasteiger partial charge in [-0.3, -0.25) is 14.5 Å². The molecule has 0 N–H and O–H groups in total. The molecule has 6 heteroatoms. The number of carbonyl (C=O) groups is 2. The molecule has 164 valence electrons. The van der Waals surface area contributed by atoms with Crippen LogP contribution in [0, 0.1) is 19.8 Å². The van der Waals surface area contributed by atoms with Crippen molar-refractivity contribution in [3.05, 3.63) is 29.3 Å². The minimum absolute atomic E-state index is 0.0307. The molecule has 0 spiro atoms. The van der Waals surface area contributed by atoms with Crippen LogP contribution in [0.25, 0.3) is 0 Å². The van der Waals surface area contributed by atoms with E-state index in [4.69, 9.17) is 4.74 Å². The maximum atomic E-state index is 13.4. The van der Waals surface area contributed by atoms with Gasteiger partial charge in [0.25, 0.3) is 0 Å². The Balaban J connectivity index is 1.42. The molecule has 1 aromatic rings.